The molecular weight excluding hydrogens is 581 g/mol. The average Bonchev–Trinajstić information content (AvgIpc) is 3.43. The van der Waals surface area contributed by atoms with Crippen LogP contribution in [0.2, 0.25) is 0 Å². The number of benzene rings is 2. The third-order valence-corrected chi connectivity index (χ3v) is 7.62. The second-order valence-electron chi connectivity index (χ2n) is 9.12. The van der Waals surface area contributed by atoms with Crippen LogP contribution in [-0.2, 0) is 12.6 Å². The van der Waals surface area contributed by atoms with Crippen molar-refractivity contribution in [2.75, 3.05) is 26.2 Å². The molecule has 11 heteroatoms. The molecule has 182 valence electrons. The van der Waals surface area contributed by atoms with Crippen molar-refractivity contribution >= 4 is 48.7 Å². The highest BCUT2D eigenvalue weighted by Crippen LogP contribution is 2.29. The Balaban J connectivity index is 1.31. The summed E-state index contributed by atoms with van der Waals surface area (Å²) in [5.74, 6) is -0.401. The lowest BCUT2D eigenvalue weighted by atomic mass is 9.97. The van der Waals surface area contributed by atoms with Crippen LogP contribution in [-0.4, -0.2) is 66.7 Å². The van der Waals surface area contributed by atoms with Crippen LogP contribution in [0.4, 0.5) is 4.39 Å². The van der Waals surface area contributed by atoms with Crippen LogP contribution in [0.1, 0.15) is 30.0 Å². The second kappa shape index (κ2) is 9.11. The van der Waals surface area contributed by atoms with E-state index in [1.54, 1.807) is 30.1 Å². The highest BCUT2D eigenvalue weighted by Gasteiger charge is 2.36. The minimum Gasteiger partial charge on any atom is -0.335 e. The van der Waals surface area contributed by atoms with E-state index < -0.39 is 5.54 Å². The zero-order chi connectivity index (χ0) is 24.9. The number of carbonyl (C=O) groups excluding carboxylic acids is 1. The molecule has 35 heavy (non-hydrogen) atoms. The zero-order valence-electron chi connectivity index (χ0n) is 19.5. The van der Waals surface area contributed by atoms with Gasteiger partial charge in [-0.05, 0) is 50.2 Å². The Morgan fingerprint density at radius 1 is 1.03 bits per heavy atom. The van der Waals surface area contributed by atoms with E-state index in [0.29, 0.717) is 42.0 Å². The number of nitrogens with zero attached hydrogens (tertiary/aromatic N) is 7. The Bertz CT molecular complexity index is 1420. The summed E-state index contributed by atoms with van der Waals surface area (Å²) in [7, 11) is 1.80. The fraction of sp³-hybridized carbons (Fsp3) is 0.333. The predicted molar refractivity (Wildman–Crippen MR) is 138 cm³/mol. The van der Waals surface area contributed by atoms with Crippen molar-refractivity contribution in [3.63, 3.8) is 0 Å². The van der Waals surface area contributed by atoms with E-state index in [4.69, 9.17) is 0 Å². The monoisotopic (exact) mass is 603 g/mol. The smallest absolute Gasteiger partial charge is 0.272 e. The van der Waals surface area contributed by atoms with Crippen LogP contribution >= 0.6 is 31.9 Å². The molecule has 3 heterocycles. The van der Waals surface area contributed by atoms with Gasteiger partial charge in [0.1, 0.15) is 22.9 Å². The van der Waals surface area contributed by atoms with Gasteiger partial charge in [0.25, 0.3) is 5.91 Å². The van der Waals surface area contributed by atoms with Crippen LogP contribution < -0.4 is 0 Å². The van der Waals surface area contributed by atoms with Crippen LogP contribution in [0.3, 0.4) is 0 Å². The van der Waals surface area contributed by atoms with E-state index in [1.165, 1.54) is 10.7 Å². The summed E-state index contributed by atoms with van der Waals surface area (Å²) in [5, 5.41) is 13.9. The fourth-order valence-electron chi connectivity index (χ4n) is 4.54. The number of amides is 1. The lowest BCUT2D eigenvalue weighted by molar-refractivity contribution is 0.0373. The van der Waals surface area contributed by atoms with Crippen molar-refractivity contribution in [1.82, 2.24) is 34.6 Å². The SMILES string of the molecule is Cn1nc2cc(Br)ccc2c1C(=O)N1CCN(C(C)(C)c2cn(-c3ccc(Br)cc3F)nn2)CC1. The van der Waals surface area contributed by atoms with Gasteiger partial charge >= 0.3 is 0 Å². The first kappa shape index (κ1) is 24.1. The first-order chi connectivity index (χ1) is 16.6. The molecule has 0 atom stereocenters. The van der Waals surface area contributed by atoms with Gasteiger partial charge in [-0.25, -0.2) is 9.07 Å². The summed E-state index contributed by atoms with van der Waals surface area (Å²) in [6.07, 6.45) is 1.77. The first-order valence-corrected chi connectivity index (χ1v) is 12.8. The molecule has 1 saturated heterocycles. The molecular formula is C24H24Br2FN7O. The average molecular weight is 605 g/mol. The summed E-state index contributed by atoms with van der Waals surface area (Å²) in [4.78, 5) is 17.5. The van der Waals surface area contributed by atoms with Crippen LogP contribution in [0.5, 0.6) is 0 Å². The largest absolute Gasteiger partial charge is 0.335 e. The van der Waals surface area contributed by atoms with Crippen molar-refractivity contribution < 1.29 is 9.18 Å². The van der Waals surface area contributed by atoms with Crippen molar-refractivity contribution in [2.45, 2.75) is 19.4 Å². The van der Waals surface area contributed by atoms with Gasteiger partial charge in [0.2, 0.25) is 0 Å². The Labute approximate surface area is 218 Å². The Kier molecular flexibility index (Phi) is 6.27. The molecule has 0 N–H and O–H groups in total. The molecule has 0 radical (unpaired) electrons. The Hall–Kier alpha value is -2.63. The summed E-state index contributed by atoms with van der Waals surface area (Å²) < 4.78 is 19.1. The van der Waals surface area contributed by atoms with Gasteiger partial charge in [-0.15, -0.1) is 5.10 Å². The quantitative estimate of drug-likeness (QED) is 0.343. The zero-order valence-corrected chi connectivity index (χ0v) is 22.7. The molecule has 2 aromatic carbocycles. The summed E-state index contributed by atoms with van der Waals surface area (Å²) in [6.45, 7) is 6.67. The van der Waals surface area contributed by atoms with Crippen LogP contribution in [0.25, 0.3) is 16.6 Å². The molecule has 0 saturated carbocycles. The van der Waals surface area contributed by atoms with Gasteiger partial charge in [0.05, 0.1) is 17.3 Å². The predicted octanol–water partition coefficient (Wildman–Crippen LogP) is 4.51. The van der Waals surface area contributed by atoms with Gasteiger partial charge in [0, 0.05) is 47.6 Å². The van der Waals surface area contributed by atoms with E-state index in [1.807, 2.05) is 23.1 Å². The second-order valence-corrected chi connectivity index (χ2v) is 10.9. The number of rotatable bonds is 4. The molecule has 1 fully saturated rings. The van der Waals surface area contributed by atoms with Crippen molar-refractivity contribution in [3.8, 4) is 5.69 Å². The maximum absolute atomic E-state index is 14.4. The van der Waals surface area contributed by atoms with E-state index in [9.17, 15) is 9.18 Å². The summed E-state index contributed by atoms with van der Waals surface area (Å²) in [6, 6.07) is 10.6. The molecule has 0 spiro atoms. The summed E-state index contributed by atoms with van der Waals surface area (Å²) in [5.41, 5.74) is 2.02. The number of piperazine rings is 1. The topological polar surface area (TPSA) is 72.1 Å². The third-order valence-electron chi connectivity index (χ3n) is 6.63. The summed E-state index contributed by atoms with van der Waals surface area (Å²) >= 11 is 6.74. The molecule has 1 aliphatic rings. The first-order valence-electron chi connectivity index (χ1n) is 11.2. The molecule has 8 nitrogen and oxygen atoms in total. The van der Waals surface area contributed by atoms with E-state index in [0.717, 1.165) is 21.1 Å². The molecule has 1 aliphatic heterocycles. The maximum Gasteiger partial charge on any atom is 0.272 e. The van der Waals surface area contributed by atoms with E-state index in [-0.39, 0.29) is 11.7 Å². The Morgan fingerprint density at radius 2 is 1.71 bits per heavy atom. The van der Waals surface area contributed by atoms with Gasteiger partial charge in [-0.3, -0.25) is 14.4 Å². The number of carbonyl (C=O) groups is 1. The minimum atomic E-state index is -0.440. The lowest BCUT2D eigenvalue weighted by Crippen LogP contribution is -2.54. The van der Waals surface area contributed by atoms with Crippen LogP contribution in [0.15, 0.2) is 51.5 Å². The van der Waals surface area contributed by atoms with Gasteiger partial charge < -0.3 is 4.90 Å². The van der Waals surface area contributed by atoms with E-state index >= 15 is 0 Å². The van der Waals surface area contributed by atoms with Gasteiger partial charge in [-0.1, -0.05) is 37.1 Å². The number of aryl methyl sites for hydroxylation is 1. The molecule has 0 aliphatic carbocycles. The number of hydrogen-bond acceptors (Lipinski definition) is 5. The van der Waals surface area contributed by atoms with Gasteiger partial charge in [0.15, 0.2) is 0 Å². The normalized spacial score (nSPS) is 15.2. The number of fused-ring (bicyclic) bond motifs is 1. The molecule has 4 aromatic rings. The van der Waals surface area contributed by atoms with Crippen molar-refractivity contribution in [3.05, 3.63) is 68.7 Å². The highest BCUT2D eigenvalue weighted by molar-refractivity contribution is 9.10. The maximum atomic E-state index is 14.4. The molecule has 0 bridgehead atoms. The third kappa shape index (κ3) is 4.41. The van der Waals surface area contributed by atoms with Gasteiger partial charge in [-0.2, -0.15) is 5.10 Å². The number of aromatic nitrogens is 5. The minimum absolute atomic E-state index is 0.0218. The fourth-order valence-corrected chi connectivity index (χ4v) is 5.22. The number of halogens is 3. The molecule has 2 aromatic heterocycles. The lowest BCUT2D eigenvalue weighted by Gasteiger charge is -2.43. The highest BCUT2D eigenvalue weighted by atomic mass is 79.9. The number of hydrogen-bond donors (Lipinski definition) is 0. The van der Waals surface area contributed by atoms with Crippen molar-refractivity contribution in [1.29, 1.82) is 0 Å². The standard InChI is InChI=1S/C24H24Br2FN7O/c1-24(2,21-14-34(30-28-21)20-7-5-15(25)12-18(20)27)33-10-8-32(9-11-33)23(35)22-17-6-4-16(26)13-19(17)29-31(22)3/h4-7,12-14H,8-11H2,1-3H3. The van der Waals surface area contributed by atoms with E-state index in [2.05, 4.69) is 66.0 Å². The van der Waals surface area contributed by atoms with Crippen molar-refractivity contribution in [2.24, 2.45) is 7.05 Å². The van der Waals surface area contributed by atoms with Crippen LogP contribution in [0, 0.1) is 5.82 Å². The molecule has 1 amide bonds. The Morgan fingerprint density at radius 3 is 2.43 bits per heavy atom. The molecule has 5 rings (SSSR count). The molecule has 0 unspecified atom stereocenters.